The minimum Gasteiger partial charge on any atom is -0.438 e. The van der Waals surface area contributed by atoms with Gasteiger partial charge in [0, 0.05) is 5.69 Å². The molecule has 2 N–H and O–H groups in total. The van der Waals surface area contributed by atoms with Gasteiger partial charge >= 0.3 is 6.09 Å². The molecular weight excluding hydrogens is 260 g/mol. The first-order valence-corrected chi connectivity index (χ1v) is 6.32. The first-order chi connectivity index (χ1) is 9.24. The summed E-state index contributed by atoms with van der Waals surface area (Å²) in [5.74, 6) is -0.397. The highest BCUT2D eigenvalue weighted by Gasteiger charge is 2.56. The van der Waals surface area contributed by atoms with E-state index in [-0.39, 0.29) is 6.54 Å². The molecule has 0 spiro atoms. The molecule has 108 valence electrons. The predicted molar refractivity (Wildman–Crippen MR) is 73.0 cm³/mol. The summed E-state index contributed by atoms with van der Waals surface area (Å²) in [4.78, 5) is 24.7. The molecule has 1 heterocycles. The summed E-state index contributed by atoms with van der Waals surface area (Å²) in [6.45, 7) is 4.37. The third-order valence-electron chi connectivity index (χ3n) is 3.59. The van der Waals surface area contributed by atoms with Crippen LogP contribution in [-0.2, 0) is 9.53 Å². The number of nitrogens with one attached hydrogen (secondary N) is 1. The SMILES string of the molecule is CC1(C)OC(=O)N(CC(=O)Nc2ccccc2)[C@@]1(C)O. The van der Waals surface area contributed by atoms with E-state index in [1.807, 2.05) is 6.07 Å². The number of aliphatic hydroxyl groups is 1. The lowest BCUT2D eigenvalue weighted by molar-refractivity contribution is -0.137. The van der Waals surface area contributed by atoms with Crippen molar-refractivity contribution in [3.05, 3.63) is 30.3 Å². The van der Waals surface area contributed by atoms with Gasteiger partial charge < -0.3 is 15.2 Å². The molecule has 1 aliphatic rings. The summed E-state index contributed by atoms with van der Waals surface area (Å²) in [7, 11) is 0. The van der Waals surface area contributed by atoms with Crippen molar-refractivity contribution < 1.29 is 19.4 Å². The fraction of sp³-hybridized carbons (Fsp3) is 0.429. The van der Waals surface area contributed by atoms with Crippen molar-refractivity contribution in [1.29, 1.82) is 0 Å². The van der Waals surface area contributed by atoms with E-state index >= 15 is 0 Å². The Morgan fingerprint density at radius 2 is 1.90 bits per heavy atom. The second-order valence-corrected chi connectivity index (χ2v) is 5.40. The van der Waals surface area contributed by atoms with E-state index in [0.717, 1.165) is 4.90 Å². The number of carbonyl (C=O) groups is 2. The number of hydrogen-bond donors (Lipinski definition) is 2. The maximum atomic E-state index is 11.9. The zero-order valence-electron chi connectivity index (χ0n) is 11.7. The summed E-state index contributed by atoms with van der Waals surface area (Å²) < 4.78 is 5.08. The second kappa shape index (κ2) is 4.79. The van der Waals surface area contributed by atoms with Crippen LogP contribution in [0, 0.1) is 0 Å². The van der Waals surface area contributed by atoms with Crippen molar-refractivity contribution in [3.8, 4) is 0 Å². The molecule has 0 bridgehead atoms. The van der Waals surface area contributed by atoms with E-state index < -0.39 is 23.3 Å². The molecule has 0 saturated carbocycles. The van der Waals surface area contributed by atoms with Gasteiger partial charge in [-0.25, -0.2) is 4.79 Å². The molecule has 1 aliphatic heterocycles. The largest absolute Gasteiger partial charge is 0.438 e. The molecule has 2 amide bonds. The normalized spacial score (nSPS) is 24.4. The summed E-state index contributed by atoms with van der Waals surface area (Å²) >= 11 is 0. The maximum absolute atomic E-state index is 11.9. The lowest BCUT2D eigenvalue weighted by atomic mass is 9.96. The van der Waals surface area contributed by atoms with Crippen molar-refractivity contribution >= 4 is 17.7 Å². The van der Waals surface area contributed by atoms with E-state index in [1.54, 1.807) is 38.1 Å². The van der Waals surface area contributed by atoms with E-state index in [2.05, 4.69) is 5.32 Å². The molecule has 1 saturated heterocycles. The summed E-state index contributed by atoms with van der Waals surface area (Å²) in [5.41, 5.74) is -1.99. The second-order valence-electron chi connectivity index (χ2n) is 5.40. The molecule has 6 nitrogen and oxygen atoms in total. The van der Waals surface area contributed by atoms with Crippen LogP contribution in [0.2, 0.25) is 0 Å². The number of anilines is 1. The number of rotatable bonds is 3. The van der Waals surface area contributed by atoms with Crippen LogP contribution in [0.1, 0.15) is 20.8 Å². The Hall–Kier alpha value is -2.08. The van der Waals surface area contributed by atoms with Crippen LogP contribution in [0.3, 0.4) is 0 Å². The molecule has 1 atom stereocenters. The first-order valence-electron chi connectivity index (χ1n) is 6.32. The summed E-state index contributed by atoms with van der Waals surface area (Å²) in [6.07, 6.45) is -0.705. The zero-order valence-corrected chi connectivity index (χ0v) is 11.7. The molecular formula is C14H18N2O4. The molecule has 0 radical (unpaired) electrons. The van der Waals surface area contributed by atoms with Crippen molar-refractivity contribution in [3.63, 3.8) is 0 Å². The van der Waals surface area contributed by atoms with Gasteiger partial charge in [-0.3, -0.25) is 9.69 Å². The molecule has 20 heavy (non-hydrogen) atoms. The number of cyclic esters (lactones) is 1. The van der Waals surface area contributed by atoms with Gasteiger partial charge in [-0.1, -0.05) is 18.2 Å². The number of amides is 2. The fourth-order valence-corrected chi connectivity index (χ4v) is 1.96. The Labute approximate surface area is 117 Å². The highest BCUT2D eigenvalue weighted by Crippen LogP contribution is 2.36. The van der Waals surface area contributed by atoms with Gasteiger partial charge in [-0.05, 0) is 32.9 Å². The molecule has 0 aliphatic carbocycles. The topological polar surface area (TPSA) is 78.9 Å². The van der Waals surface area contributed by atoms with Crippen LogP contribution >= 0.6 is 0 Å². The van der Waals surface area contributed by atoms with Gasteiger partial charge in [-0.2, -0.15) is 0 Å². The van der Waals surface area contributed by atoms with Crippen LogP contribution in [-0.4, -0.2) is 39.9 Å². The number of para-hydroxylation sites is 1. The number of carbonyl (C=O) groups excluding carboxylic acids is 2. The lowest BCUT2D eigenvalue weighted by Gasteiger charge is -2.34. The van der Waals surface area contributed by atoms with Crippen LogP contribution in [0.4, 0.5) is 10.5 Å². The van der Waals surface area contributed by atoms with Crippen LogP contribution in [0.25, 0.3) is 0 Å². The van der Waals surface area contributed by atoms with E-state index in [1.165, 1.54) is 6.92 Å². The Morgan fingerprint density at radius 1 is 1.30 bits per heavy atom. The summed E-state index contributed by atoms with van der Waals surface area (Å²) in [6, 6.07) is 8.89. The van der Waals surface area contributed by atoms with Crippen LogP contribution < -0.4 is 5.32 Å². The molecule has 0 unspecified atom stereocenters. The van der Waals surface area contributed by atoms with E-state index in [0.29, 0.717) is 5.69 Å². The lowest BCUT2D eigenvalue weighted by Crippen LogP contribution is -2.55. The third kappa shape index (κ3) is 2.46. The highest BCUT2D eigenvalue weighted by atomic mass is 16.6. The zero-order chi connectivity index (χ0) is 15.0. The molecule has 2 rings (SSSR count). The van der Waals surface area contributed by atoms with E-state index in [9.17, 15) is 14.7 Å². The van der Waals surface area contributed by atoms with Crippen molar-refractivity contribution in [2.75, 3.05) is 11.9 Å². The molecule has 0 aromatic heterocycles. The Morgan fingerprint density at radius 3 is 2.40 bits per heavy atom. The van der Waals surface area contributed by atoms with Gasteiger partial charge in [-0.15, -0.1) is 0 Å². The first kappa shape index (κ1) is 14.3. The fourth-order valence-electron chi connectivity index (χ4n) is 1.96. The molecule has 6 heteroatoms. The van der Waals surface area contributed by atoms with Crippen molar-refractivity contribution in [1.82, 2.24) is 4.90 Å². The number of ether oxygens (including phenoxy) is 1. The van der Waals surface area contributed by atoms with Gasteiger partial charge in [0.05, 0.1) is 0 Å². The van der Waals surface area contributed by atoms with Gasteiger partial charge in [0.2, 0.25) is 5.91 Å². The maximum Gasteiger partial charge on any atom is 0.413 e. The quantitative estimate of drug-likeness (QED) is 0.879. The van der Waals surface area contributed by atoms with Crippen molar-refractivity contribution in [2.45, 2.75) is 32.1 Å². The molecule has 1 aromatic carbocycles. The third-order valence-corrected chi connectivity index (χ3v) is 3.59. The van der Waals surface area contributed by atoms with Gasteiger partial charge in [0.15, 0.2) is 11.3 Å². The highest BCUT2D eigenvalue weighted by molar-refractivity contribution is 5.94. The standard InChI is InChI=1S/C14H18N2O4/c1-13(2)14(3,19)16(12(18)20-13)9-11(17)15-10-7-5-4-6-8-10/h4-8,19H,9H2,1-3H3,(H,15,17)/t14-/m0/s1. The number of nitrogens with zero attached hydrogens (tertiary/aromatic N) is 1. The smallest absolute Gasteiger partial charge is 0.413 e. The van der Waals surface area contributed by atoms with Gasteiger partial charge in [0.1, 0.15) is 6.54 Å². The van der Waals surface area contributed by atoms with Crippen LogP contribution in [0.15, 0.2) is 30.3 Å². The summed E-state index contributed by atoms with van der Waals surface area (Å²) in [5, 5.41) is 13.0. The van der Waals surface area contributed by atoms with Gasteiger partial charge in [0.25, 0.3) is 0 Å². The average Bonchev–Trinajstić information content (AvgIpc) is 2.49. The van der Waals surface area contributed by atoms with Crippen molar-refractivity contribution in [2.24, 2.45) is 0 Å². The number of benzene rings is 1. The molecule has 1 aromatic rings. The predicted octanol–water partition coefficient (Wildman–Crippen LogP) is 1.56. The number of hydrogen-bond acceptors (Lipinski definition) is 4. The minimum atomic E-state index is -1.54. The Kier molecular flexibility index (Phi) is 3.43. The Balaban J connectivity index is 2.06. The molecule has 1 fully saturated rings. The Bertz CT molecular complexity index is 525. The minimum absolute atomic E-state index is 0.274. The van der Waals surface area contributed by atoms with E-state index in [4.69, 9.17) is 4.74 Å². The monoisotopic (exact) mass is 278 g/mol. The van der Waals surface area contributed by atoms with Crippen LogP contribution in [0.5, 0.6) is 0 Å². The average molecular weight is 278 g/mol.